The van der Waals surface area contributed by atoms with Crippen LogP contribution in [0.3, 0.4) is 0 Å². The second-order valence-electron chi connectivity index (χ2n) is 5.25. The fourth-order valence-electron chi connectivity index (χ4n) is 2.27. The molecule has 3 rings (SSSR count). The Morgan fingerprint density at radius 2 is 1.95 bits per heavy atom. The summed E-state index contributed by atoms with van der Waals surface area (Å²) in [5.41, 5.74) is 3.74. The first kappa shape index (κ1) is 14.2. The number of rotatable bonds is 2. The van der Waals surface area contributed by atoms with Crippen LogP contribution in [0.1, 0.15) is 27.4 Å². The van der Waals surface area contributed by atoms with Gasteiger partial charge in [0.15, 0.2) is 5.65 Å². The highest BCUT2D eigenvalue weighted by atomic mass is 19.1. The van der Waals surface area contributed by atoms with Gasteiger partial charge in [0.2, 0.25) is 0 Å². The Morgan fingerprint density at radius 3 is 2.73 bits per heavy atom. The first-order chi connectivity index (χ1) is 10.4. The smallest absolute Gasteiger partial charge is 0.274 e. The molecule has 5 nitrogen and oxygen atoms in total. The van der Waals surface area contributed by atoms with Gasteiger partial charge in [0.25, 0.3) is 5.91 Å². The van der Waals surface area contributed by atoms with Crippen LogP contribution < -0.4 is 5.32 Å². The van der Waals surface area contributed by atoms with Crippen molar-refractivity contribution in [3.63, 3.8) is 0 Å². The Balaban J connectivity index is 1.96. The third-order valence-corrected chi connectivity index (χ3v) is 3.41. The lowest BCUT2D eigenvalue weighted by atomic mass is 10.2. The zero-order valence-electron chi connectivity index (χ0n) is 12.5. The van der Waals surface area contributed by atoms with Crippen molar-refractivity contribution in [1.82, 2.24) is 14.6 Å². The lowest BCUT2D eigenvalue weighted by molar-refractivity contribution is 0.102. The van der Waals surface area contributed by atoms with Crippen LogP contribution in [0.2, 0.25) is 0 Å². The van der Waals surface area contributed by atoms with E-state index in [9.17, 15) is 9.18 Å². The molecule has 0 fully saturated rings. The molecule has 1 amide bonds. The van der Waals surface area contributed by atoms with Crippen molar-refractivity contribution in [1.29, 1.82) is 0 Å². The van der Waals surface area contributed by atoms with Gasteiger partial charge in [-0.05, 0) is 44.5 Å². The van der Waals surface area contributed by atoms with Crippen LogP contribution in [-0.4, -0.2) is 20.5 Å². The van der Waals surface area contributed by atoms with Gasteiger partial charge in [-0.15, -0.1) is 0 Å². The third-order valence-electron chi connectivity index (χ3n) is 3.41. The maximum atomic E-state index is 13.3. The molecule has 0 spiro atoms. The van der Waals surface area contributed by atoms with E-state index in [0.717, 1.165) is 17.0 Å². The van der Waals surface area contributed by atoms with E-state index in [2.05, 4.69) is 15.4 Å². The molecule has 1 N–H and O–H groups in total. The normalized spacial score (nSPS) is 10.9. The van der Waals surface area contributed by atoms with Crippen LogP contribution in [0.25, 0.3) is 5.65 Å². The number of aromatic nitrogens is 3. The largest absolute Gasteiger partial charge is 0.320 e. The van der Waals surface area contributed by atoms with Gasteiger partial charge in [-0.3, -0.25) is 4.79 Å². The van der Waals surface area contributed by atoms with Crippen LogP contribution in [0.5, 0.6) is 0 Å². The van der Waals surface area contributed by atoms with E-state index in [1.807, 2.05) is 13.8 Å². The Morgan fingerprint density at radius 1 is 1.18 bits per heavy atom. The molecule has 2 aromatic heterocycles. The summed E-state index contributed by atoms with van der Waals surface area (Å²) in [5, 5.41) is 6.99. The molecule has 2 heterocycles. The van der Waals surface area contributed by atoms with E-state index in [-0.39, 0.29) is 11.6 Å². The maximum Gasteiger partial charge on any atom is 0.274 e. The first-order valence-corrected chi connectivity index (χ1v) is 6.85. The molecule has 0 aliphatic carbocycles. The van der Waals surface area contributed by atoms with Crippen LogP contribution in [0.4, 0.5) is 10.1 Å². The molecule has 1 aromatic carbocycles. The summed E-state index contributed by atoms with van der Waals surface area (Å²) in [4.78, 5) is 16.7. The molecular weight excluding hydrogens is 283 g/mol. The molecule has 0 saturated heterocycles. The number of carbonyl (C=O) groups excluding carboxylic acids is 1. The zero-order valence-corrected chi connectivity index (χ0v) is 12.5. The van der Waals surface area contributed by atoms with E-state index < -0.39 is 5.82 Å². The van der Waals surface area contributed by atoms with Gasteiger partial charge in [0.1, 0.15) is 11.5 Å². The van der Waals surface area contributed by atoms with Gasteiger partial charge < -0.3 is 5.32 Å². The average Bonchev–Trinajstić information content (AvgIpc) is 2.84. The third kappa shape index (κ3) is 2.55. The van der Waals surface area contributed by atoms with Gasteiger partial charge in [-0.25, -0.2) is 13.9 Å². The molecular formula is C16H15FN4O. The predicted molar refractivity (Wildman–Crippen MR) is 81.6 cm³/mol. The molecule has 0 aliphatic heterocycles. The molecule has 0 aliphatic rings. The van der Waals surface area contributed by atoms with Crippen molar-refractivity contribution >= 4 is 17.2 Å². The molecule has 6 heteroatoms. The number of nitrogens with one attached hydrogen (secondary N) is 1. The number of fused-ring (bicyclic) bond motifs is 1. The van der Waals surface area contributed by atoms with Crippen molar-refractivity contribution in [2.75, 3.05) is 5.32 Å². The van der Waals surface area contributed by atoms with Gasteiger partial charge in [-0.1, -0.05) is 6.07 Å². The topological polar surface area (TPSA) is 59.3 Å². The number of nitrogens with zero attached hydrogens (tertiary/aromatic N) is 3. The molecule has 0 atom stereocenters. The fraction of sp³-hybridized carbons (Fsp3) is 0.188. The van der Waals surface area contributed by atoms with E-state index in [1.54, 1.807) is 29.6 Å². The van der Waals surface area contributed by atoms with Crippen molar-refractivity contribution in [3.05, 3.63) is 58.8 Å². The first-order valence-electron chi connectivity index (χ1n) is 6.85. The van der Waals surface area contributed by atoms with Crippen LogP contribution >= 0.6 is 0 Å². The van der Waals surface area contributed by atoms with E-state index in [1.165, 1.54) is 12.1 Å². The van der Waals surface area contributed by atoms with Crippen molar-refractivity contribution in [3.8, 4) is 0 Å². The Bertz CT molecular complexity index is 885. The lowest BCUT2D eigenvalue weighted by Crippen LogP contribution is -2.16. The summed E-state index contributed by atoms with van der Waals surface area (Å²) >= 11 is 0. The summed E-state index contributed by atoms with van der Waals surface area (Å²) in [6.45, 7) is 5.52. The minimum atomic E-state index is -0.396. The predicted octanol–water partition coefficient (Wildman–Crippen LogP) is 3.05. The Kier molecular flexibility index (Phi) is 3.36. The van der Waals surface area contributed by atoms with E-state index in [4.69, 9.17) is 0 Å². The van der Waals surface area contributed by atoms with Gasteiger partial charge in [0, 0.05) is 17.4 Å². The monoisotopic (exact) mass is 298 g/mol. The average molecular weight is 298 g/mol. The van der Waals surface area contributed by atoms with Gasteiger partial charge in [0.05, 0.1) is 5.69 Å². The fourth-order valence-corrected chi connectivity index (χ4v) is 2.27. The van der Waals surface area contributed by atoms with Crippen LogP contribution in [0.15, 0.2) is 30.3 Å². The van der Waals surface area contributed by atoms with Crippen LogP contribution in [-0.2, 0) is 0 Å². The molecule has 0 unspecified atom stereocenters. The van der Waals surface area contributed by atoms with Crippen LogP contribution in [0, 0.1) is 26.6 Å². The number of benzene rings is 1. The van der Waals surface area contributed by atoms with Gasteiger partial charge in [-0.2, -0.15) is 5.10 Å². The highest BCUT2D eigenvalue weighted by Crippen LogP contribution is 2.17. The van der Waals surface area contributed by atoms with Crippen molar-refractivity contribution in [2.24, 2.45) is 0 Å². The molecule has 22 heavy (non-hydrogen) atoms. The summed E-state index contributed by atoms with van der Waals surface area (Å²) in [6.07, 6.45) is 0. The number of amides is 1. The summed E-state index contributed by atoms with van der Waals surface area (Å²) in [5.74, 6) is -0.773. The standard InChI is InChI=1S/C16H15FN4O/c1-9-4-5-12(17)8-13(9)19-16(22)14-7-11(3)21-15(18-14)6-10(2)20-21/h4-8H,1-3H3,(H,19,22). The molecule has 3 aromatic rings. The molecule has 0 saturated carbocycles. The number of aryl methyl sites for hydroxylation is 3. The molecule has 0 radical (unpaired) electrons. The second-order valence-corrected chi connectivity index (χ2v) is 5.25. The SMILES string of the molecule is Cc1cc2nc(C(=O)Nc3cc(F)ccc3C)cc(C)n2n1. The van der Waals surface area contributed by atoms with Crippen molar-refractivity contribution < 1.29 is 9.18 Å². The van der Waals surface area contributed by atoms with Gasteiger partial charge >= 0.3 is 0 Å². The minimum absolute atomic E-state index is 0.272. The number of halogens is 1. The highest BCUT2D eigenvalue weighted by molar-refractivity contribution is 6.03. The molecule has 112 valence electrons. The van der Waals surface area contributed by atoms with Crippen molar-refractivity contribution in [2.45, 2.75) is 20.8 Å². The second kappa shape index (κ2) is 5.22. The molecule has 0 bridgehead atoms. The summed E-state index contributed by atoms with van der Waals surface area (Å²) in [7, 11) is 0. The number of hydrogen-bond acceptors (Lipinski definition) is 3. The quantitative estimate of drug-likeness (QED) is 0.791. The Hall–Kier alpha value is -2.76. The Labute approximate surface area is 126 Å². The maximum absolute atomic E-state index is 13.3. The van der Waals surface area contributed by atoms with E-state index >= 15 is 0 Å². The zero-order chi connectivity index (χ0) is 15.9. The highest BCUT2D eigenvalue weighted by Gasteiger charge is 2.13. The van der Waals surface area contributed by atoms with E-state index in [0.29, 0.717) is 11.3 Å². The number of hydrogen-bond donors (Lipinski definition) is 1. The lowest BCUT2D eigenvalue weighted by Gasteiger charge is -2.09. The summed E-state index contributed by atoms with van der Waals surface area (Å²) < 4.78 is 15.0. The number of carbonyl (C=O) groups is 1. The summed E-state index contributed by atoms with van der Waals surface area (Å²) in [6, 6.07) is 7.73. The number of anilines is 1. The minimum Gasteiger partial charge on any atom is -0.320 e.